The normalized spacial score (nSPS) is 24.4. The van der Waals surface area contributed by atoms with Crippen molar-refractivity contribution in [2.45, 2.75) is 26.1 Å². The van der Waals surface area contributed by atoms with Gasteiger partial charge >= 0.3 is 0 Å². The average Bonchev–Trinajstić information content (AvgIpc) is 2.49. The van der Waals surface area contributed by atoms with E-state index in [0.29, 0.717) is 6.04 Å². The maximum Gasteiger partial charge on any atom is 0.147 e. The van der Waals surface area contributed by atoms with E-state index >= 15 is 0 Å². The van der Waals surface area contributed by atoms with Crippen LogP contribution in [0, 0.1) is 6.92 Å². The molecule has 0 spiro atoms. The molecule has 0 aromatic heterocycles. The second kappa shape index (κ2) is 5.60. The molecule has 1 aromatic carbocycles. The number of dihydropyridines is 1. The number of benzene rings is 1. The van der Waals surface area contributed by atoms with E-state index in [0.717, 1.165) is 5.57 Å². The predicted octanol–water partition coefficient (Wildman–Crippen LogP) is 3.11. The summed E-state index contributed by atoms with van der Waals surface area (Å²) >= 11 is 0. The molecule has 3 nitrogen and oxygen atoms in total. The Bertz CT molecular complexity index is 635. The van der Waals surface area contributed by atoms with Crippen molar-refractivity contribution in [2.75, 3.05) is 7.05 Å². The lowest BCUT2D eigenvalue weighted by molar-refractivity contribution is 0.381. The number of likely N-dealkylation sites (N-methyl/N-ethyl adjacent to an activating group) is 1. The molecule has 2 atom stereocenters. The number of hydrogen-bond donors (Lipinski definition) is 1. The molecule has 2 aliphatic heterocycles. The van der Waals surface area contributed by atoms with E-state index in [4.69, 9.17) is 4.99 Å². The Labute approximate surface area is 126 Å². The Morgan fingerprint density at radius 1 is 1.19 bits per heavy atom. The molecule has 21 heavy (non-hydrogen) atoms. The summed E-state index contributed by atoms with van der Waals surface area (Å²) in [4.78, 5) is 6.87. The molecule has 108 valence electrons. The van der Waals surface area contributed by atoms with E-state index in [1.807, 2.05) is 6.21 Å². The Morgan fingerprint density at radius 3 is 2.57 bits per heavy atom. The second-order valence-electron chi connectivity index (χ2n) is 5.73. The summed E-state index contributed by atoms with van der Waals surface area (Å²) < 4.78 is 0. The van der Waals surface area contributed by atoms with Crippen LogP contribution in [0.3, 0.4) is 0 Å². The minimum Gasteiger partial charge on any atom is -0.385 e. The highest BCUT2D eigenvalue weighted by Gasteiger charge is 2.20. The molecule has 2 aliphatic rings. The first kappa shape index (κ1) is 13.7. The van der Waals surface area contributed by atoms with E-state index in [1.165, 1.54) is 16.7 Å². The van der Waals surface area contributed by atoms with Crippen molar-refractivity contribution in [1.29, 1.82) is 0 Å². The fraction of sp³-hybridized carbons (Fsp3) is 0.278. The summed E-state index contributed by atoms with van der Waals surface area (Å²) in [5.74, 6) is 0. The largest absolute Gasteiger partial charge is 0.385 e. The Hall–Kier alpha value is -2.29. The molecular formula is C18H21N3. The molecule has 3 heteroatoms. The van der Waals surface area contributed by atoms with Crippen LogP contribution in [0.15, 0.2) is 59.4 Å². The first-order chi connectivity index (χ1) is 10.1. The minimum atomic E-state index is 0.0513. The summed E-state index contributed by atoms with van der Waals surface area (Å²) in [5, 5.41) is 3.33. The number of nitrogens with one attached hydrogen (secondary N) is 1. The van der Waals surface area contributed by atoms with Gasteiger partial charge in [-0.25, -0.2) is 0 Å². The van der Waals surface area contributed by atoms with Gasteiger partial charge in [0.05, 0.1) is 0 Å². The number of nitrogens with zero attached hydrogens (tertiary/aromatic N) is 2. The van der Waals surface area contributed by atoms with Crippen molar-refractivity contribution in [1.82, 2.24) is 10.2 Å². The molecule has 0 radical (unpaired) electrons. The molecule has 0 saturated carbocycles. The van der Waals surface area contributed by atoms with Crippen LogP contribution < -0.4 is 5.32 Å². The predicted molar refractivity (Wildman–Crippen MR) is 89.0 cm³/mol. The molecule has 2 unspecified atom stereocenters. The molecule has 0 bridgehead atoms. The van der Waals surface area contributed by atoms with Gasteiger partial charge < -0.3 is 10.2 Å². The summed E-state index contributed by atoms with van der Waals surface area (Å²) in [6, 6.07) is 8.95. The minimum absolute atomic E-state index is 0.0513. The van der Waals surface area contributed by atoms with Gasteiger partial charge in [-0.1, -0.05) is 42.0 Å². The van der Waals surface area contributed by atoms with E-state index < -0.39 is 0 Å². The summed E-state index contributed by atoms with van der Waals surface area (Å²) in [5.41, 5.74) is 4.81. The molecule has 2 heterocycles. The molecule has 0 fully saturated rings. The molecule has 1 N–H and O–H groups in total. The summed E-state index contributed by atoms with van der Waals surface area (Å²) in [6.07, 6.45) is 10.6. The fourth-order valence-corrected chi connectivity index (χ4v) is 2.54. The first-order valence-electron chi connectivity index (χ1n) is 7.32. The number of aliphatic imine (C=N–C) groups is 1. The van der Waals surface area contributed by atoms with Crippen LogP contribution in [0.2, 0.25) is 0 Å². The van der Waals surface area contributed by atoms with Gasteiger partial charge in [-0.05, 0) is 19.4 Å². The Balaban J connectivity index is 1.79. The van der Waals surface area contributed by atoms with Gasteiger partial charge in [-0.3, -0.25) is 4.99 Å². The average molecular weight is 279 g/mol. The Kier molecular flexibility index (Phi) is 3.65. The van der Waals surface area contributed by atoms with Crippen molar-refractivity contribution in [3.05, 3.63) is 65.5 Å². The van der Waals surface area contributed by atoms with Gasteiger partial charge in [0.15, 0.2) is 0 Å². The number of rotatable bonds is 2. The topological polar surface area (TPSA) is 27.6 Å². The van der Waals surface area contributed by atoms with Crippen LogP contribution in [0.4, 0.5) is 0 Å². The van der Waals surface area contributed by atoms with Crippen LogP contribution in [0.1, 0.15) is 18.1 Å². The van der Waals surface area contributed by atoms with Gasteiger partial charge in [-0.15, -0.1) is 0 Å². The third-order valence-electron chi connectivity index (χ3n) is 3.86. The van der Waals surface area contributed by atoms with Crippen LogP contribution >= 0.6 is 0 Å². The van der Waals surface area contributed by atoms with Gasteiger partial charge in [0, 0.05) is 42.9 Å². The van der Waals surface area contributed by atoms with Crippen LogP contribution in [-0.4, -0.2) is 30.4 Å². The van der Waals surface area contributed by atoms with Gasteiger partial charge in [0.2, 0.25) is 0 Å². The molecule has 0 amide bonds. The van der Waals surface area contributed by atoms with Crippen molar-refractivity contribution in [3.63, 3.8) is 0 Å². The van der Waals surface area contributed by atoms with E-state index in [-0.39, 0.29) is 6.17 Å². The Morgan fingerprint density at radius 2 is 1.95 bits per heavy atom. The van der Waals surface area contributed by atoms with Crippen molar-refractivity contribution in [2.24, 2.45) is 4.99 Å². The molecule has 0 aliphatic carbocycles. The van der Waals surface area contributed by atoms with Crippen LogP contribution in [0.5, 0.6) is 0 Å². The smallest absolute Gasteiger partial charge is 0.147 e. The highest BCUT2D eigenvalue weighted by atomic mass is 15.2. The first-order valence-corrected chi connectivity index (χ1v) is 7.32. The third kappa shape index (κ3) is 2.92. The second-order valence-corrected chi connectivity index (χ2v) is 5.73. The van der Waals surface area contributed by atoms with Crippen molar-refractivity contribution < 1.29 is 0 Å². The summed E-state index contributed by atoms with van der Waals surface area (Å²) in [7, 11) is 2.07. The van der Waals surface area contributed by atoms with Gasteiger partial charge in [0.25, 0.3) is 0 Å². The zero-order valence-electron chi connectivity index (χ0n) is 12.7. The van der Waals surface area contributed by atoms with Gasteiger partial charge in [0.1, 0.15) is 6.17 Å². The van der Waals surface area contributed by atoms with Crippen molar-refractivity contribution in [3.8, 4) is 0 Å². The van der Waals surface area contributed by atoms with Crippen LogP contribution in [-0.2, 0) is 0 Å². The molecule has 3 rings (SSSR count). The number of hydrogen-bond acceptors (Lipinski definition) is 3. The standard InChI is InChI=1S/C18H21N3/c1-13-4-7-15(8-5-13)17-11-20-18(21(3)12-17)16-9-6-14(2)19-10-16/h4-12,14,18-19H,1-3H3. The van der Waals surface area contributed by atoms with Crippen molar-refractivity contribution >= 4 is 11.8 Å². The van der Waals surface area contributed by atoms with E-state index in [1.54, 1.807) is 0 Å². The highest BCUT2D eigenvalue weighted by molar-refractivity contribution is 6.10. The zero-order chi connectivity index (χ0) is 14.8. The monoisotopic (exact) mass is 279 g/mol. The zero-order valence-corrected chi connectivity index (χ0v) is 12.7. The van der Waals surface area contributed by atoms with Gasteiger partial charge in [-0.2, -0.15) is 0 Å². The fourth-order valence-electron chi connectivity index (χ4n) is 2.54. The van der Waals surface area contributed by atoms with E-state index in [9.17, 15) is 0 Å². The van der Waals surface area contributed by atoms with Crippen LogP contribution in [0.25, 0.3) is 5.57 Å². The third-order valence-corrected chi connectivity index (χ3v) is 3.86. The number of allylic oxidation sites excluding steroid dienone is 1. The lowest BCUT2D eigenvalue weighted by Gasteiger charge is -2.30. The maximum absolute atomic E-state index is 4.71. The summed E-state index contributed by atoms with van der Waals surface area (Å²) in [6.45, 7) is 4.23. The molecular weight excluding hydrogens is 258 g/mol. The van der Waals surface area contributed by atoms with E-state index in [2.05, 4.69) is 79.9 Å². The molecule has 0 saturated heterocycles. The lowest BCUT2D eigenvalue weighted by atomic mass is 10.0. The highest BCUT2D eigenvalue weighted by Crippen LogP contribution is 2.23. The SMILES string of the molecule is Cc1ccc(C2=CN(C)C(C3=CNC(C)C=C3)N=C2)cc1. The molecule has 1 aromatic rings. The number of aryl methyl sites for hydroxylation is 1. The maximum atomic E-state index is 4.71. The quantitative estimate of drug-likeness (QED) is 0.901. The lowest BCUT2D eigenvalue weighted by Crippen LogP contribution is -2.33.